The molecule has 0 aliphatic carbocycles. The zero-order valence-electron chi connectivity index (χ0n) is 6.36. The Bertz CT molecular complexity index is 274. The number of carbonyl (C=O) groups is 1. The maximum Gasteiger partial charge on any atom is 0.229 e. The van der Waals surface area contributed by atoms with E-state index in [9.17, 15) is 4.79 Å². The first-order chi connectivity index (χ1) is 5.83. The number of amides is 1. The van der Waals surface area contributed by atoms with E-state index in [0.29, 0.717) is 5.69 Å². The molecular weight excluding hydrogens is 172 g/mol. The van der Waals surface area contributed by atoms with Crippen molar-refractivity contribution in [2.24, 2.45) is 0 Å². The summed E-state index contributed by atoms with van der Waals surface area (Å²) in [6, 6.07) is 3.53. The Morgan fingerprint density at radius 3 is 3.17 bits per heavy atom. The number of aromatic nitrogens is 1. The standard InChI is InChI=1S/C8H8N2OS/c11-8(3-5-12)10-7-2-1-4-9-6-7/h1-2,4-6H,3H2,(H,10,11). The molecule has 0 aliphatic heterocycles. The van der Waals surface area contributed by atoms with Crippen LogP contribution in [0.25, 0.3) is 0 Å². The fourth-order valence-electron chi connectivity index (χ4n) is 0.724. The minimum Gasteiger partial charge on any atom is -0.324 e. The monoisotopic (exact) mass is 180 g/mol. The van der Waals surface area contributed by atoms with Gasteiger partial charge in [-0.2, -0.15) is 0 Å². The Morgan fingerprint density at radius 2 is 2.58 bits per heavy atom. The lowest BCUT2D eigenvalue weighted by Gasteiger charge is -2.00. The molecule has 1 aromatic rings. The smallest absolute Gasteiger partial charge is 0.229 e. The second kappa shape index (κ2) is 4.56. The van der Waals surface area contributed by atoms with Crippen LogP contribution in [0.15, 0.2) is 24.5 Å². The molecule has 1 amide bonds. The predicted molar refractivity (Wildman–Crippen MR) is 51.1 cm³/mol. The number of hydrogen-bond donors (Lipinski definition) is 1. The van der Waals surface area contributed by atoms with Crippen LogP contribution in [0.3, 0.4) is 0 Å². The number of rotatable bonds is 3. The van der Waals surface area contributed by atoms with Crippen LogP contribution in [0.2, 0.25) is 0 Å². The summed E-state index contributed by atoms with van der Waals surface area (Å²) in [5.74, 6) is -0.113. The highest BCUT2D eigenvalue weighted by Crippen LogP contribution is 2.02. The number of nitrogens with zero attached hydrogens (tertiary/aromatic N) is 1. The normalized spacial score (nSPS) is 9.00. The van der Waals surface area contributed by atoms with Crippen LogP contribution in [-0.2, 0) is 4.79 Å². The summed E-state index contributed by atoms with van der Waals surface area (Å²) >= 11 is 4.54. The summed E-state index contributed by atoms with van der Waals surface area (Å²) < 4.78 is 0. The third-order valence-electron chi connectivity index (χ3n) is 1.21. The molecule has 12 heavy (non-hydrogen) atoms. The Balaban J connectivity index is 2.52. The van der Waals surface area contributed by atoms with Crippen molar-refractivity contribution in [3.63, 3.8) is 0 Å². The highest BCUT2D eigenvalue weighted by Gasteiger charge is 1.97. The van der Waals surface area contributed by atoms with E-state index in [0.717, 1.165) is 0 Å². The lowest BCUT2D eigenvalue weighted by atomic mass is 10.4. The van der Waals surface area contributed by atoms with Gasteiger partial charge in [-0.15, -0.1) is 0 Å². The quantitative estimate of drug-likeness (QED) is 0.715. The summed E-state index contributed by atoms with van der Waals surface area (Å²) in [4.78, 5) is 14.8. The van der Waals surface area contributed by atoms with Gasteiger partial charge in [0.25, 0.3) is 0 Å². The molecule has 4 heteroatoms. The van der Waals surface area contributed by atoms with Crippen LogP contribution in [0.1, 0.15) is 6.42 Å². The maximum atomic E-state index is 11.0. The third kappa shape index (κ3) is 2.75. The average Bonchev–Trinajstić information content (AvgIpc) is 2.06. The van der Waals surface area contributed by atoms with E-state index in [1.165, 1.54) is 5.37 Å². The molecule has 0 spiro atoms. The Labute approximate surface area is 75.8 Å². The van der Waals surface area contributed by atoms with Gasteiger partial charge in [0, 0.05) is 6.20 Å². The van der Waals surface area contributed by atoms with E-state index in [-0.39, 0.29) is 12.3 Å². The molecule has 3 nitrogen and oxygen atoms in total. The molecule has 0 saturated heterocycles. The van der Waals surface area contributed by atoms with E-state index < -0.39 is 0 Å². The molecule has 1 aromatic heterocycles. The molecule has 0 bridgehead atoms. The summed E-state index contributed by atoms with van der Waals surface area (Å²) in [5, 5.41) is 4.04. The van der Waals surface area contributed by atoms with Crippen molar-refractivity contribution < 1.29 is 4.79 Å². The summed E-state index contributed by atoms with van der Waals surface area (Å²) in [7, 11) is 0. The van der Waals surface area contributed by atoms with Crippen LogP contribution in [0.4, 0.5) is 5.69 Å². The fourth-order valence-corrected chi connectivity index (χ4v) is 0.876. The van der Waals surface area contributed by atoms with Crippen molar-refractivity contribution in [3.8, 4) is 0 Å². The van der Waals surface area contributed by atoms with Crippen LogP contribution in [0.5, 0.6) is 0 Å². The van der Waals surface area contributed by atoms with E-state index in [4.69, 9.17) is 0 Å². The van der Waals surface area contributed by atoms with Crippen molar-refractivity contribution in [2.45, 2.75) is 6.42 Å². The van der Waals surface area contributed by atoms with Gasteiger partial charge in [-0.3, -0.25) is 9.78 Å². The van der Waals surface area contributed by atoms with Gasteiger partial charge in [0.2, 0.25) is 5.91 Å². The summed E-state index contributed by atoms with van der Waals surface area (Å²) in [5.41, 5.74) is 0.694. The highest BCUT2D eigenvalue weighted by molar-refractivity contribution is 7.79. The van der Waals surface area contributed by atoms with E-state index in [1.807, 2.05) is 0 Å². The maximum absolute atomic E-state index is 11.0. The van der Waals surface area contributed by atoms with Crippen LogP contribution >= 0.6 is 12.2 Å². The Kier molecular flexibility index (Phi) is 3.35. The number of carbonyl (C=O) groups excluding carboxylic acids is 1. The molecule has 0 fully saturated rings. The second-order valence-electron chi connectivity index (χ2n) is 2.16. The van der Waals surface area contributed by atoms with E-state index in [2.05, 4.69) is 22.5 Å². The number of thiocarbonyl (C=S) groups is 1. The molecule has 0 radical (unpaired) electrons. The summed E-state index contributed by atoms with van der Waals surface area (Å²) in [6.45, 7) is 0. The molecule has 0 aromatic carbocycles. The Hall–Kier alpha value is -1.29. The molecule has 0 unspecified atom stereocenters. The third-order valence-corrected chi connectivity index (χ3v) is 1.38. The lowest BCUT2D eigenvalue weighted by molar-refractivity contribution is -0.115. The van der Waals surface area contributed by atoms with Gasteiger partial charge < -0.3 is 5.32 Å². The molecule has 0 atom stereocenters. The molecule has 1 rings (SSSR count). The van der Waals surface area contributed by atoms with Gasteiger partial charge in [-0.1, -0.05) is 12.2 Å². The first-order valence-corrected chi connectivity index (χ1v) is 3.93. The van der Waals surface area contributed by atoms with Crippen molar-refractivity contribution >= 4 is 29.2 Å². The van der Waals surface area contributed by atoms with Crippen molar-refractivity contribution in [1.82, 2.24) is 4.98 Å². The zero-order valence-corrected chi connectivity index (χ0v) is 7.17. The van der Waals surface area contributed by atoms with Gasteiger partial charge in [-0.05, 0) is 17.5 Å². The molecular formula is C8H8N2OS. The first kappa shape index (κ1) is 8.80. The molecule has 62 valence electrons. The second-order valence-corrected chi connectivity index (χ2v) is 2.49. The van der Waals surface area contributed by atoms with E-state index in [1.54, 1.807) is 24.5 Å². The first-order valence-electron chi connectivity index (χ1n) is 3.46. The SMILES string of the molecule is O=C(CC=S)Nc1cccnc1. The largest absolute Gasteiger partial charge is 0.324 e. The molecule has 0 aliphatic rings. The van der Waals surface area contributed by atoms with Gasteiger partial charge in [0.1, 0.15) is 0 Å². The summed E-state index contributed by atoms with van der Waals surface area (Å²) in [6.07, 6.45) is 3.49. The number of anilines is 1. The zero-order chi connectivity index (χ0) is 8.81. The lowest BCUT2D eigenvalue weighted by Crippen LogP contribution is -2.10. The highest BCUT2D eigenvalue weighted by atomic mass is 32.1. The Morgan fingerprint density at radius 1 is 1.75 bits per heavy atom. The topological polar surface area (TPSA) is 42.0 Å². The van der Waals surface area contributed by atoms with Crippen molar-refractivity contribution in [3.05, 3.63) is 24.5 Å². The number of hydrogen-bond acceptors (Lipinski definition) is 3. The molecule has 1 N–H and O–H groups in total. The minimum absolute atomic E-state index is 0.113. The van der Waals surface area contributed by atoms with Crippen molar-refractivity contribution in [1.29, 1.82) is 0 Å². The number of nitrogens with one attached hydrogen (secondary N) is 1. The van der Waals surface area contributed by atoms with Crippen LogP contribution < -0.4 is 5.32 Å². The van der Waals surface area contributed by atoms with Gasteiger partial charge in [0.05, 0.1) is 18.3 Å². The molecule has 1 heterocycles. The van der Waals surface area contributed by atoms with Crippen LogP contribution in [0, 0.1) is 0 Å². The van der Waals surface area contributed by atoms with Crippen molar-refractivity contribution in [2.75, 3.05) is 5.32 Å². The molecule has 0 saturated carbocycles. The fraction of sp³-hybridized carbons (Fsp3) is 0.125. The average molecular weight is 180 g/mol. The number of pyridine rings is 1. The predicted octanol–water partition coefficient (Wildman–Crippen LogP) is 1.41. The van der Waals surface area contributed by atoms with Gasteiger partial charge in [-0.25, -0.2) is 0 Å². The van der Waals surface area contributed by atoms with Gasteiger partial charge >= 0.3 is 0 Å². The van der Waals surface area contributed by atoms with Gasteiger partial charge in [0.15, 0.2) is 0 Å². The minimum atomic E-state index is -0.113. The van der Waals surface area contributed by atoms with Crippen LogP contribution in [-0.4, -0.2) is 16.3 Å². The van der Waals surface area contributed by atoms with E-state index >= 15 is 0 Å².